The average Bonchev–Trinajstić information content (AvgIpc) is 2.73. The molecular formula is C17H24N2O2. The van der Waals surface area contributed by atoms with Gasteiger partial charge in [0.25, 0.3) is 0 Å². The number of nitrogens with two attached hydrogens (primary N) is 1. The van der Waals surface area contributed by atoms with E-state index in [4.69, 9.17) is 10.2 Å². The van der Waals surface area contributed by atoms with E-state index >= 15 is 0 Å². The van der Waals surface area contributed by atoms with E-state index in [1.807, 2.05) is 18.2 Å². The van der Waals surface area contributed by atoms with Crippen molar-refractivity contribution in [1.82, 2.24) is 4.57 Å². The van der Waals surface area contributed by atoms with E-state index in [9.17, 15) is 4.79 Å². The topological polar surface area (TPSA) is 61.2 Å². The minimum atomic E-state index is -0.318. The summed E-state index contributed by atoms with van der Waals surface area (Å²) in [6.07, 6.45) is 8.99. The molecule has 1 heterocycles. The van der Waals surface area contributed by atoms with E-state index in [1.165, 1.54) is 49.5 Å². The Balaban J connectivity index is 1.86. The smallest absolute Gasteiger partial charge is 0.408 e. The standard InChI is InChI=1S/C17H24N2O2/c1-19-14-10-9-13(11-15(14)21-17(19)20)16(18)12-7-5-3-2-4-6-8-12/h9-12,16H,2-8,18H2,1H3. The minimum absolute atomic E-state index is 0.0398. The van der Waals surface area contributed by atoms with Gasteiger partial charge >= 0.3 is 5.76 Å². The van der Waals surface area contributed by atoms with Crippen LogP contribution in [0.1, 0.15) is 56.6 Å². The molecule has 1 aliphatic carbocycles. The second-order valence-corrected chi connectivity index (χ2v) is 6.29. The summed E-state index contributed by atoms with van der Waals surface area (Å²) in [5.41, 5.74) is 9.05. The van der Waals surface area contributed by atoms with Crippen molar-refractivity contribution >= 4 is 11.1 Å². The van der Waals surface area contributed by atoms with Gasteiger partial charge in [-0.2, -0.15) is 0 Å². The Bertz CT molecular complexity index is 663. The van der Waals surface area contributed by atoms with E-state index in [0.29, 0.717) is 11.5 Å². The number of aryl methyl sites for hydroxylation is 1. The summed E-state index contributed by atoms with van der Waals surface area (Å²) in [5, 5.41) is 0. The molecular weight excluding hydrogens is 264 g/mol. The summed E-state index contributed by atoms with van der Waals surface area (Å²) in [6, 6.07) is 5.97. The lowest BCUT2D eigenvalue weighted by atomic mass is 9.83. The summed E-state index contributed by atoms with van der Waals surface area (Å²) >= 11 is 0. The van der Waals surface area contributed by atoms with Crippen LogP contribution in [0.15, 0.2) is 27.4 Å². The van der Waals surface area contributed by atoms with Crippen molar-refractivity contribution in [2.24, 2.45) is 18.7 Å². The van der Waals surface area contributed by atoms with Crippen molar-refractivity contribution in [2.45, 2.75) is 51.0 Å². The molecule has 4 nitrogen and oxygen atoms in total. The number of benzene rings is 1. The van der Waals surface area contributed by atoms with Gasteiger partial charge in [0, 0.05) is 13.1 Å². The predicted molar refractivity (Wildman–Crippen MR) is 84.2 cm³/mol. The van der Waals surface area contributed by atoms with Crippen LogP contribution >= 0.6 is 0 Å². The van der Waals surface area contributed by atoms with Crippen LogP contribution in [0, 0.1) is 5.92 Å². The zero-order chi connectivity index (χ0) is 14.8. The Hall–Kier alpha value is -1.55. The van der Waals surface area contributed by atoms with E-state index in [1.54, 1.807) is 7.05 Å². The average molecular weight is 288 g/mol. The first kappa shape index (κ1) is 14.4. The molecule has 1 aromatic carbocycles. The zero-order valence-electron chi connectivity index (χ0n) is 12.7. The molecule has 21 heavy (non-hydrogen) atoms. The number of oxazole rings is 1. The van der Waals surface area contributed by atoms with Crippen LogP contribution in [0.2, 0.25) is 0 Å². The molecule has 1 aromatic heterocycles. The van der Waals surface area contributed by atoms with Crippen molar-refractivity contribution in [3.63, 3.8) is 0 Å². The van der Waals surface area contributed by atoms with Crippen LogP contribution in [0.3, 0.4) is 0 Å². The van der Waals surface area contributed by atoms with Crippen LogP contribution < -0.4 is 11.5 Å². The SMILES string of the molecule is Cn1c(=O)oc2cc(C(N)C3CCCCCCC3)ccc21. The Morgan fingerprint density at radius 1 is 1.19 bits per heavy atom. The van der Waals surface area contributed by atoms with Crippen molar-refractivity contribution in [3.8, 4) is 0 Å². The summed E-state index contributed by atoms with van der Waals surface area (Å²) in [4.78, 5) is 11.6. The number of fused-ring (bicyclic) bond motifs is 1. The quantitative estimate of drug-likeness (QED) is 0.920. The van der Waals surface area contributed by atoms with Crippen molar-refractivity contribution < 1.29 is 4.42 Å². The normalized spacial score (nSPS) is 19.3. The van der Waals surface area contributed by atoms with Gasteiger partial charge in [-0.05, 0) is 36.5 Å². The maximum atomic E-state index is 11.6. The third-order valence-corrected chi connectivity index (χ3v) is 4.86. The van der Waals surface area contributed by atoms with Gasteiger partial charge < -0.3 is 10.2 Å². The second-order valence-electron chi connectivity index (χ2n) is 6.29. The molecule has 3 rings (SSSR count). The van der Waals surface area contributed by atoms with E-state index in [-0.39, 0.29) is 11.8 Å². The first-order valence-electron chi connectivity index (χ1n) is 8.02. The molecule has 2 aromatic rings. The fourth-order valence-electron chi connectivity index (χ4n) is 3.48. The second kappa shape index (κ2) is 6.06. The highest BCUT2D eigenvalue weighted by atomic mass is 16.4. The van der Waals surface area contributed by atoms with Gasteiger partial charge in [0.1, 0.15) is 0 Å². The van der Waals surface area contributed by atoms with Gasteiger partial charge in [0.15, 0.2) is 5.58 Å². The first-order chi connectivity index (χ1) is 10.2. The van der Waals surface area contributed by atoms with Gasteiger partial charge in [-0.25, -0.2) is 4.79 Å². The molecule has 1 aliphatic rings. The van der Waals surface area contributed by atoms with E-state index < -0.39 is 0 Å². The summed E-state index contributed by atoms with van der Waals surface area (Å²) in [5.74, 6) is 0.222. The largest absolute Gasteiger partial charge is 0.419 e. The fourth-order valence-corrected chi connectivity index (χ4v) is 3.48. The van der Waals surface area contributed by atoms with Crippen molar-refractivity contribution in [2.75, 3.05) is 0 Å². The van der Waals surface area contributed by atoms with Crippen molar-refractivity contribution in [3.05, 3.63) is 34.3 Å². The lowest BCUT2D eigenvalue weighted by molar-refractivity contribution is 0.327. The Morgan fingerprint density at radius 2 is 1.86 bits per heavy atom. The highest BCUT2D eigenvalue weighted by Gasteiger charge is 2.21. The molecule has 0 radical (unpaired) electrons. The van der Waals surface area contributed by atoms with Crippen LogP contribution in [0.4, 0.5) is 0 Å². The van der Waals surface area contributed by atoms with E-state index in [0.717, 1.165) is 11.1 Å². The molecule has 0 amide bonds. The molecule has 114 valence electrons. The maximum Gasteiger partial charge on any atom is 0.419 e. The van der Waals surface area contributed by atoms with E-state index in [2.05, 4.69) is 0 Å². The van der Waals surface area contributed by atoms with Crippen LogP contribution in [-0.2, 0) is 7.05 Å². The van der Waals surface area contributed by atoms with Crippen LogP contribution in [0.25, 0.3) is 11.1 Å². The van der Waals surface area contributed by atoms with Crippen LogP contribution in [-0.4, -0.2) is 4.57 Å². The third kappa shape index (κ3) is 2.91. The zero-order valence-corrected chi connectivity index (χ0v) is 12.7. The van der Waals surface area contributed by atoms with Gasteiger partial charge in [0.05, 0.1) is 5.52 Å². The molecule has 0 saturated heterocycles. The lowest BCUT2D eigenvalue weighted by Crippen LogP contribution is -2.22. The monoisotopic (exact) mass is 288 g/mol. The fraction of sp³-hybridized carbons (Fsp3) is 0.588. The molecule has 2 N–H and O–H groups in total. The van der Waals surface area contributed by atoms with Gasteiger partial charge in [-0.3, -0.25) is 4.57 Å². The molecule has 0 spiro atoms. The molecule has 1 saturated carbocycles. The molecule has 4 heteroatoms. The van der Waals surface area contributed by atoms with Gasteiger partial charge in [-0.15, -0.1) is 0 Å². The lowest BCUT2D eigenvalue weighted by Gasteiger charge is -2.26. The van der Waals surface area contributed by atoms with Gasteiger partial charge in [0.2, 0.25) is 0 Å². The molecule has 0 bridgehead atoms. The summed E-state index contributed by atoms with van der Waals surface area (Å²) < 4.78 is 6.80. The Labute approximate surface area is 124 Å². The highest BCUT2D eigenvalue weighted by Crippen LogP contribution is 2.32. The Morgan fingerprint density at radius 3 is 2.57 bits per heavy atom. The predicted octanol–water partition coefficient (Wildman–Crippen LogP) is 3.49. The minimum Gasteiger partial charge on any atom is -0.408 e. The third-order valence-electron chi connectivity index (χ3n) is 4.86. The summed E-state index contributed by atoms with van der Waals surface area (Å²) in [6.45, 7) is 0. The molecule has 1 fully saturated rings. The number of hydrogen-bond donors (Lipinski definition) is 1. The molecule has 0 aliphatic heterocycles. The van der Waals surface area contributed by atoms with Crippen molar-refractivity contribution in [1.29, 1.82) is 0 Å². The number of hydrogen-bond acceptors (Lipinski definition) is 3. The highest BCUT2D eigenvalue weighted by molar-refractivity contribution is 5.73. The first-order valence-corrected chi connectivity index (χ1v) is 8.02. The summed E-state index contributed by atoms with van der Waals surface area (Å²) in [7, 11) is 1.72. The number of nitrogens with zero attached hydrogens (tertiary/aromatic N) is 1. The van der Waals surface area contributed by atoms with Gasteiger partial charge in [-0.1, -0.05) is 38.2 Å². The molecule has 1 unspecified atom stereocenters. The number of rotatable bonds is 2. The molecule has 1 atom stereocenters. The Kier molecular flexibility index (Phi) is 4.15. The number of aromatic nitrogens is 1. The maximum absolute atomic E-state index is 11.6. The van der Waals surface area contributed by atoms with Crippen LogP contribution in [0.5, 0.6) is 0 Å².